The molecule has 10 heteroatoms. The Bertz CT molecular complexity index is 1100. The first-order valence-electron chi connectivity index (χ1n) is 9.41. The van der Waals surface area contributed by atoms with Gasteiger partial charge in [-0.2, -0.15) is 0 Å². The molecule has 7 nitrogen and oxygen atoms in total. The second-order valence-corrected chi connectivity index (χ2v) is 6.82. The molecule has 0 saturated carbocycles. The lowest BCUT2D eigenvalue weighted by Gasteiger charge is -2.11. The normalized spacial score (nSPS) is 16.3. The number of nitrogens with one attached hydrogen (secondary N) is 2. The minimum Gasteiger partial charge on any atom is -0.449 e. The van der Waals surface area contributed by atoms with Crippen LogP contribution < -0.4 is 15.4 Å². The standard InChI is InChI=1S/C21H17F3N2O5/c22-21(23,24)31-13-9-7-12(8-10-13)25-20(28)18-17(14-4-1-2-5-15(14)30-18)26-19(27)16-6-3-11-29-16/h1-2,4-5,7-10,16H,3,6,11H2,(H,25,28)(H,26,27)/t16-/m1/s1. The molecule has 1 fully saturated rings. The molecule has 0 aliphatic carbocycles. The quantitative estimate of drug-likeness (QED) is 0.608. The third-order valence-electron chi connectivity index (χ3n) is 4.62. The van der Waals surface area contributed by atoms with E-state index in [1.54, 1.807) is 24.3 Å². The molecule has 1 aromatic heterocycles. The average Bonchev–Trinajstić information content (AvgIpc) is 3.37. The van der Waals surface area contributed by atoms with Crippen molar-refractivity contribution in [2.75, 3.05) is 17.2 Å². The van der Waals surface area contributed by atoms with Crippen molar-refractivity contribution in [1.29, 1.82) is 0 Å². The summed E-state index contributed by atoms with van der Waals surface area (Å²) in [6.45, 7) is 0.492. The molecule has 162 valence electrons. The molecule has 1 saturated heterocycles. The van der Waals surface area contributed by atoms with Gasteiger partial charge in [-0.3, -0.25) is 9.59 Å². The maximum absolute atomic E-state index is 12.8. The van der Waals surface area contributed by atoms with Crippen LogP contribution in [0.4, 0.5) is 24.5 Å². The van der Waals surface area contributed by atoms with E-state index in [0.29, 0.717) is 24.0 Å². The smallest absolute Gasteiger partial charge is 0.449 e. The molecule has 31 heavy (non-hydrogen) atoms. The van der Waals surface area contributed by atoms with Gasteiger partial charge >= 0.3 is 6.36 Å². The van der Waals surface area contributed by atoms with E-state index >= 15 is 0 Å². The number of para-hydroxylation sites is 1. The second-order valence-electron chi connectivity index (χ2n) is 6.82. The second kappa shape index (κ2) is 8.31. The molecular weight excluding hydrogens is 417 g/mol. The van der Waals surface area contributed by atoms with Gasteiger partial charge < -0.3 is 24.5 Å². The number of halogens is 3. The molecule has 2 amide bonds. The van der Waals surface area contributed by atoms with Crippen LogP contribution in [0, 0.1) is 0 Å². The number of benzene rings is 2. The van der Waals surface area contributed by atoms with Gasteiger partial charge in [0.2, 0.25) is 5.76 Å². The Labute approximate surface area is 174 Å². The number of amides is 2. The van der Waals surface area contributed by atoms with E-state index in [1.807, 2.05) is 0 Å². The average molecular weight is 434 g/mol. The number of anilines is 2. The summed E-state index contributed by atoms with van der Waals surface area (Å²) in [4.78, 5) is 25.3. The van der Waals surface area contributed by atoms with Gasteiger partial charge in [-0.1, -0.05) is 12.1 Å². The third kappa shape index (κ3) is 4.80. The monoisotopic (exact) mass is 434 g/mol. The lowest BCUT2D eigenvalue weighted by molar-refractivity contribution is -0.274. The number of hydrogen-bond donors (Lipinski definition) is 2. The minimum absolute atomic E-state index is 0.136. The molecule has 1 aliphatic rings. The molecule has 3 aromatic rings. The number of rotatable bonds is 5. The topological polar surface area (TPSA) is 89.8 Å². The molecule has 0 unspecified atom stereocenters. The van der Waals surface area contributed by atoms with Crippen molar-refractivity contribution in [2.24, 2.45) is 0 Å². The summed E-state index contributed by atoms with van der Waals surface area (Å²) in [5, 5.41) is 5.79. The van der Waals surface area contributed by atoms with Crippen molar-refractivity contribution in [2.45, 2.75) is 25.3 Å². The fourth-order valence-electron chi connectivity index (χ4n) is 3.25. The summed E-state index contributed by atoms with van der Waals surface area (Å²) in [6.07, 6.45) is -4.07. The molecule has 1 aliphatic heterocycles. The molecule has 1 atom stereocenters. The highest BCUT2D eigenvalue weighted by molar-refractivity contribution is 6.15. The predicted molar refractivity (Wildman–Crippen MR) is 105 cm³/mol. The summed E-state index contributed by atoms with van der Waals surface area (Å²) in [5.41, 5.74) is 0.811. The molecule has 2 aromatic carbocycles. The van der Waals surface area contributed by atoms with Crippen LogP contribution in [0.3, 0.4) is 0 Å². The molecule has 0 bridgehead atoms. The Kier molecular flexibility index (Phi) is 5.55. The van der Waals surface area contributed by atoms with Gasteiger partial charge in [0.25, 0.3) is 11.8 Å². The molecule has 4 rings (SSSR count). The van der Waals surface area contributed by atoms with Crippen molar-refractivity contribution in [3.05, 3.63) is 54.3 Å². The van der Waals surface area contributed by atoms with Gasteiger partial charge in [0.05, 0.1) is 0 Å². The number of fused-ring (bicyclic) bond motifs is 1. The highest BCUT2D eigenvalue weighted by Gasteiger charge is 2.31. The summed E-state index contributed by atoms with van der Waals surface area (Å²) >= 11 is 0. The SMILES string of the molecule is O=C(Nc1ccc(OC(F)(F)F)cc1)c1oc2ccccc2c1NC(=O)[C@H]1CCCO1. The van der Waals surface area contributed by atoms with Crippen LogP contribution in [0.1, 0.15) is 23.4 Å². The van der Waals surface area contributed by atoms with Gasteiger partial charge in [-0.15, -0.1) is 13.2 Å². The Hall–Kier alpha value is -3.53. The van der Waals surface area contributed by atoms with Gasteiger partial charge in [-0.05, 0) is 49.2 Å². The van der Waals surface area contributed by atoms with E-state index in [4.69, 9.17) is 9.15 Å². The molecule has 2 heterocycles. The van der Waals surface area contributed by atoms with E-state index in [0.717, 1.165) is 18.6 Å². The molecular formula is C21H17F3N2O5. The summed E-state index contributed by atoms with van der Waals surface area (Å²) in [5.74, 6) is -1.61. The number of ether oxygens (including phenoxy) is 2. The zero-order chi connectivity index (χ0) is 22.0. The Morgan fingerprint density at radius 1 is 1.03 bits per heavy atom. The zero-order valence-corrected chi connectivity index (χ0v) is 16.0. The van der Waals surface area contributed by atoms with Crippen molar-refractivity contribution < 1.29 is 36.7 Å². The minimum atomic E-state index is -4.81. The molecule has 0 spiro atoms. The summed E-state index contributed by atoms with van der Waals surface area (Å²) < 4.78 is 51.7. The third-order valence-corrected chi connectivity index (χ3v) is 4.62. The van der Waals surface area contributed by atoms with Crippen LogP contribution in [0.15, 0.2) is 52.9 Å². The Balaban J connectivity index is 1.56. The van der Waals surface area contributed by atoms with Gasteiger partial charge in [0.1, 0.15) is 23.1 Å². The van der Waals surface area contributed by atoms with Crippen LogP contribution in [0.2, 0.25) is 0 Å². The number of alkyl halides is 3. The van der Waals surface area contributed by atoms with E-state index < -0.39 is 24.1 Å². The van der Waals surface area contributed by atoms with Crippen LogP contribution in [-0.4, -0.2) is 30.9 Å². The van der Waals surface area contributed by atoms with Crippen molar-refractivity contribution >= 4 is 34.2 Å². The first kappa shape index (κ1) is 20.7. The van der Waals surface area contributed by atoms with Crippen molar-refractivity contribution in [3.63, 3.8) is 0 Å². The van der Waals surface area contributed by atoms with Gasteiger partial charge in [0, 0.05) is 17.7 Å². The highest BCUT2D eigenvalue weighted by atomic mass is 19.4. The fraction of sp³-hybridized carbons (Fsp3) is 0.238. The fourth-order valence-corrected chi connectivity index (χ4v) is 3.25. The summed E-state index contributed by atoms with van der Waals surface area (Å²) in [7, 11) is 0. The van der Waals surface area contributed by atoms with E-state index in [2.05, 4.69) is 15.4 Å². The maximum atomic E-state index is 12.8. The lowest BCUT2D eigenvalue weighted by Crippen LogP contribution is -2.27. The number of furan rings is 1. The van der Waals surface area contributed by atoms with E-state index in [9.17, 15) is 22.8 Å². The number of hydrogen-bond acceptors (Lipinski definition) is 5. The van der Waals surface area contributed by atoms with Crippen LogP contribution in [0.25, 0.3) is 11.0 Å². The predicted octanol–water partition coefficient (Wildman–Crippen LogP) is 4.70. The van der Waals surface area contributed by atoms with E-state index in [-0.39, 0.29) is 23.0 Å². The Morgan fingerprint density at radius 2 is 1.77 bits per heavy atom. The van der Waals surface area contributed by atoms with Gasteiger partial charge in [-0.25, -0.2) is 0 Å². The van der Waals surface area contributed by atoms with Crippen LogP contribution in [-0.2, 0) is 9.53 Å². The summed E-state index contributed by atoms with van der Waals surface area (Å²) in [6, 6.07) is 11.5. The zero-order valence-electron chi connectivity index (χ0n) is 16.0. The highest BCUT2D eigenvalue weighted by Crippen LogP contribution is 2.32. The van der Waals surface area contributed by atoms with Gasteiger partial charge in [0.15, 0.2) is 0 Å². The molecule has 0 radical (unpaired) electrons. The van der Waals surface area contributed by atoms with E-state index in [1.165, 1.54) is 12.1 Å². The first-order chi connectivity index (χ1) is 14.8. The number of carbonyl (C=O) groups excluding carboxylic acids is 2. The maximum Gasteiger partial charge on any atom is 0.573 e. The first-order valence-corrected chi connectivity index (χ1v) is 9.41. The molecule has 2 N–H and O–H groups in total. The number of carbonyl (C=O) groups is 2. The van der Waals surface area contributed by atoms with Crippen LogP contribution in [0.5, 0.6) is 5.75 Å². The largest absolute Gasteiger partial charge is 0.573 e. The lowest BCUT2D eigenvalue weighted by atomic mass is 10.2. The Morgan fingerprint density at radius 3 is 2.45 bits per heavy atom. The van der Waals surface area contributed by atoms with Crippen molar-refractivity contribution in [3.8, 4) is 5.75 Å². The van der Waals surface area contributed by atoms with Crippen LogP contribution >= 0.6 is 0 Å². The van der Waals surface area contributed by atoms with Crippen molar-refractivity contribution in [1.82, 2.24) is 0 Å².